The maximum absolute atomic E-state index is 11.1. The zero-order valence-corrected chi connectivity index (χ0v) is 11.2. The van der Waals surface area contributed by atoms with Crippen LogP contribution in [0.3, 0.4) is 0 Å². The highest BCUT2D eigenvalue weighted by Crippen LogP contribution is 2.14. The lowest BCUT2D eigenvalue weighted by Crippen LogP contribution is -2.06. The maximum atomic E-state index is 11.1. The molecule has 0 unspecified atom stereocenters. The van der Waals surface area contributed by atoms with Gasteiger partial charge in [-0.3, -0.25) is 4.79 Å². The van der Waals surface area contributed by atoms with Gasteiger partial charge in [0.2, 0.25) is 5.91 Å². The standard InChI is InChI=1S/C16H12ClNO/c1-12(19)18-16-8-3-2-6-14(16)10-9-13-5-4-7-15(17)11-13/h2-8,11H,1H3,(H,18,19). The summed E-state index contributed by atoms with van der Waals surface area (Å²) in [5.41, 5.74) is 2.33. The van der Waals surface area contributed by atoms with Crippen LogP contribution in [0.2, 0.25) is 5.02 Å². The third kappa shape index (κ3) is 3.87. The molecule has 2 nitrogen and oxygen atoms in total. The second-order valence-electron chi connectivity index (χ2n) is 3.99. The van der Waals surface area contributed by atoms with E-state index < -0.39 is 0 Å². The Hall–Kier alpha value is -2.24. The molecule has 0 atom stereocenters. The third-order valence-electron chi connectivity index (χ3n) is 2.40. The van der Waals surface area contributed by atoms with E-state index in [4.69, 9.17) is 11.6 Å². The molecule has 0 spiro atoms. The van der Waals surface area contributed by atoms with Gasteiger partial charge in [-0.25, -0.2) is 0 Å². The van der Waals surface area contributed by atoms with Crippen molar-refractivity contribution in [3.8, 4) is 11.8 Å². The second-order valence-corrected chi connectivity index (χ2v) is 4.42. The Morgan fingerprint density at radius 1 is 1.11 bits per heavy atom. The van der Waals surface area contributed by atoms with Gasteiger partial charge in [-0.15, -0.1) is 0 Å². The number of hydrogen-bond donors (Lipinski definition) is 1. The average Bonchev–Trinajstić information content (AvgIpc) is 2.37. The molecular formula is C16H12ClNO. The number of hydrogen-bond acceptors (Lipinski definition) is 1. The van der Waals surface area contributed by atoms with Crippen LogP contribution in [0.5, 0.6) is 0 Å². The predicted octanol–water partition coefficient (Wildman–Crippen LogP) is 3.70. The fourth-order valence-electron chi connectivity index (χ4n) is 1.60. The number of carbonyl (C=O) groups excluding carboxylic acids is 1. The van der Waals surface area contributed by atoms with Gasteiger partial charge in [0.25, 0.3) is 0 Å². The largest absolute Gasteiger partial charge is 0.325 e. The van der Waals surface area contributed by atoms with Gasteiger partial charge < -0.3 is 5.32 Å². The fourth-order valence-corrected chi connectivity index (χ4v) is 1.79. The van der Waals surface area contributed by atoms with Gasteiger partial charge in [-0.05, 0) is 30.3 Å². The molecule has 0 heterocycles. The Labute approximate surface area is 117 Å². The Balaban J connectivity index is 2.31. The molecule has 94 valence electrons. The summed E-state index contributed by atoms with van der Waals surface area (Å²) in [5.74, 6) is 5.95. The summed E-state index contributed by atoms with van der Waals surface area (Å²) in [6.45, 7) is 1.47. The number of amides is 1. The van der Waals surface area contributed by atoms with Crippen LogP contribution < -0.4 is 5.32 Å². The van der Waals surface area contributed by atoms with Crippen molar-refractivity contribution in [2.75, 3.05) is 5.32 Å². The summed E-state index contributed by atoms with van der Waals surface area (Å²) in [7, 11) is 0. The first-order chi connectivity index (χ1) is 9.15. The summed E-state index contributed by atoms with van der Waals surface area (Å²) in [5, 5.41) is 3.41. The molecule has 1 amide bonds. The van der Waals surface area contributed by atoms with Crippen molar-refractivity contribution < 1.29 is 4.79 Å². The van der Waals surface area contributed by atoms with Gasteiger partial charge in [-0.2, -0.15) is 0 Å². The van der Waals surface area contributed by atoms with Crippen molar-refractivity contribution in [1.82, 2.24) is 0 Å². The van der Waals surface area contributed by atoms with E-state index >= 15 is 0 Å². The lowest BCUT2D eigenvalue weighted by atomic mass is 10.1. The summed E-state index contributed by atoms with van der Waals surface area (Å²) >= 11 is 5.90. The van der Waals surface area contributed by atoms with Crippen LogP contribution >= 0.6 is 11.6 Å². The van der Waals surface area contributed by atoms with E-state index in [-0.39, 0.29) is 5.91 Å². The fraction of sp³-hybridized carbons (Fsp3) is 0.0625. The van der Waals surface area contributed by atoms with E-state index in [2.05, 4.69) is 17.2 Å². The second kappa shape index (κ2) is 6.08. The monoisotopic (exact) mass is 269 g/mol. The van der Waals surface area contributed by atoms with Gasteiger partial charge in [0.05, 0.1) is 5.69 Å². The van der Waals surface area contributed by atoms with Crippen LogP contribution in [0.1, 0.15) is 18.1 Å². The normalized spacial score (nSPS) is 9.37. The minimum atomic E-state index is -0.114. The third-order valence-corrected chi connectivity index (χ3v) is 2.64. The van der Waals surface area contributed by atoms with E-state index in [0.717, 1.165) is 11.1 Å². The van der Waals surface area contributed by atoms with E-state index in [9.17, 15) is 4.79 Å². The molecule has 0 aliphatic carbocycles. The van der Waals surface area contributed by atoms with Gasteiger partial charge >= 0.3 is 0 Å². The zero-order valence-electron chi connectivity index (χ0n) is 10.4. The van der Waals surface area contributed by atoms with Crippen LogP contribution in [0, 0.1) is 11.8 Å². The molecule has 0 aliphatic rings. The highest BCUT2D eigenvalue weighted by atomic mass is 35.5. The Morgan fingerprint density at radius 2 is 1.89 bits per heavy atom. The molecular weight excluding hydrogens is 258 g/mol. The minimum absolute atomic E-state index is 0.114. The van der Waals surface area contributed by atoms with Crippen LogP contribution in [0.4, 0.5) is 5.69 Å². The molecule has 1 N–H and O–H groups in total. The first kappa shape index (κ1) is 13.2. The number of anilines is 1. The van der Waals surface area contributed by atoms with Crippen molar-refractivity contribution >= 4 is 23.2 Å². The molecule has 0 aliphatic heterocycles. The molecule has 0 radical (unpaired) electrons. The summed E-state index contributed by atoms with van der Waals surface area (Å²) in [4.78, 5) is 11.1. The SMILES string of the molecule is CC(=O)Nc1ccccc1C#Cc1cccc(Cl)c1. The molecule has 2 aromatic rings. The number of benzene rings is 2. The lowest BCUT2D eigenvalue weighted by molar-refractivity contribution is -0.114. The zero-order chi connectivity index (χ0) is 13.7. The number of carbonyl (C=O) groups is 1. The van der Waals surface area contributed by atoms with Gasteiger partial charge in [-0.1, -0.05) is 41.6 Å². The summed E-state index contributed by atoms with van der Waals surface area (Å²) in [6.07, 6.45) is 0. The van der Waals surface area contributed by atoms with Crippen LogP contribution in [0.15, 0.2) is 48.5 Å². The first-order valence-electron chi connectivity index (χ1n) is 5.79. The van der Waals surface area contributed by atoms with Crippen LogP contribution in [-0.4, -0.2) is 5.91 Å². The number of rotatable bonds is 1. The van der Waals surface area contributed by atoms with Gasteiger partial charge in [0.15, 0.2) is 0 Å². The van der Waals surface area contributed by atoms with Crippen LogP contribution in [0.25, 0.3) is 0 Å². The summed E-state index contributed by atoms with van der Waals surface area (Å²) < 4.78 is 0. The molecule has 0 saturated carbocycles. The van der Waals surface area contributed by atoms with Gasteiger partial charge in [0.1, 0.15) is 0 Å². The average molecular weight is 270 g/mol. The molecule has 0 fully saturated rings. The van der Waals surface area contributed by atoms with Crippen molar-refractivity contribution in [1.29, 1.82) is 0 Å². The molecule has 2 aromatic carbocycles. The molecule has 0 saturated heterocycles. The topological polar surface area (TPSA) is 29.1 Å². The molecule has 0 bridgehead atoms. The molecule has 3 heteroatoms. The number of halogens is 1. The van der Waals surface area contributed by atoms with E-state index in [0.29, 0.717) is 10.7 Å². The smallest absolute Gasteiger partial charge is 0.221 e. The molecule has 19 heavy (non-hydrogen) atoms. The van der Waals surface area contributed by atoms with Crippen molar-refractivity contribution in [3.05, 3.63) is 64.7 Å². The Kier molecular flexibility index (Phi) is 4.22. The maximum Gasteiger partial charge on any atom is 0.221 e. The Morgan fingerprint density at radius 3 is 2.63 bits per heavy atom. The summed E-state index contributed by atoms with van der Waals surface area (Å²) in [6, 6.07) is 14.8. The molecule has 0 aromatic heterocycles. The Bertz CT molecular complexity index is 668. The van der Waals surface area contributed by atoms with Crippen molar-refractivity contribution in [2.24, 2.45) is 0 Å². The van der Waals surface area contributed by atoms with E-state index in [1.165, 1.54) is 6.92 Å². The van der Waals surface area contributed by atoms with Crippen molar-refractivity contribution in [3.63, 3.8) is 0 Å². The van der Waals surface area contributed by atoms with E-state index in [1.54, 1.807) is 12.1 Å². The van der Waals surface area contributed by atoms with Crippen molar-refractivity contribution in [2.45, 2.75) is 6.92 Å². The highest BCUT2D eigenvalue weighted by molar-refractivity contribution is 6.30. The van der Waals surface area contributed by atoms with Crippen LogP contribution in [-0.2, 0) is 4.79 Å². The highest BCUT2D eigenvalue weighted by Gasteiger charge is 2.00. The minimum Gasteiger partial charge on any atom is -0.325 e. The number of nitrogens with one attached hydrogen (secondary N) is 1. The molecule has 2 rings (SSSR count). The predicted molar refractivity (Wildman–Crippen MR) is 78.2 cm³/mol. The van der Waals surface area contributed by atoms with Gasteiger partial charge in [0, 0.05) is 23.1 Å². The van der Waals surface area contributed by atoms with E-state index in [1.807, 2.05) is 36.4 Å². The quantitative estimate of drug-likeness (QED) is 0.786. The first-order valence-corrected chi connectivity index (χ1v) is 6.17. The number of para-hydroxylation sites is 1. The lowest BCUT2D eigenvalue weighted by Gasteiger charge is -2.03.